The predicted octanol–water partition coefficient (Wildman–Crippen LogP) is 3.18. The van der Waals surface area contributed by atoms with Gasteiger partial charge in [0.1, 0.15) is 29.5 Å². The average molecular weight is 611 g/mol. The third-order valence-electron chi connectivity index (χ3n) is 12.8. The van der Waals surface area contributed by atoms with E-state index in [0.717, 1.165) is 0 Å². The lowest BCUT2D eigenvalue weighted by molar-refractivity contribution is -0.475. The summed E-state index contributed by atoms with van der Waals surface area (Å²) < 4.78 is 51.1. The van der Waals surface area contributed by atoms with Crippen molar-refractivity contribution in [2.24, 2.45) is 22.2 Å². The molecule has 0 amide bonds. The fourth-order valence-corrected chi connectivity index (χ4v) is 12.1. The zero-order valence-corrected chi connectivity index (χ0v) is 25.2. The molecule has 4 bridgehead atoms. The van der Waals surface area contributed by atoms with Gasteiger partial charge in [0, 0.05) is 56.1 Å². The first-order valence-electron chi connectivity index (χ1n) is 15.3. The number of fused-ring (bicyclic) bond motifs is 4. The number of esters is 4. The summed E-state index contributed by atoms with van der Waals surface area (Å²) in [7, 11) is 0. The zero-order chi connectivity index (χ0) is 30.9. The number of rotatable bonds is 3. The molecule has 11 atom stereocenters. The number of furan rings is 1. The minimum absolute atomic E-state index is 0.00205. The molecule has 4 aliphatic heterocycles. The number of cyclic esters (lactones) is 2. The van der Waals surface area contributed by atoms with Crippen molar-refractivity contribution in [2.45, 2.75) is 107 Å². The van der Waals surface area contributed by atoms with Crippen LogP contribution in [0.15, 0.2) is 34.7 Å². The van der Waals surface area contributed by atoms with Crippen molar-refractivity contribution in [2.75, 3.05) is 6.61 Å². The van der Waals surface area contributed by atoms with Crippen LogP contribution in [0.5, 0.6) is 0 Å². The molecule has 234 valence electrons. The quantitative estimate of drug-likeness (QED) is 0.366. The molecule has 12 heteroatoms. The fourth-order valence-electron chi connectivity index (χ4n) is 12.1. The van der Waals surface area contributed by atoms with Crippen molar-refractivity contribution >= 4 is 23.9 Å². The van der Waals surface area contributed by atoms with Gasteiger partial charge in [0.25, 0.3) is 5.97 Å². The van der Waals surface area contributed by atoms with E-state index in [1.807, 2.05) is 13.8 Å². The lowest BCUT2D eigenvalue weighted by atomic mass is 9.35. The van der Waals surface area contributed by atoms with Gasteiger partial charge in [-0.05, 0) is 36.8 Å². The van der Waals surface area contributed by atoms with Gasteiger partial charge < -0.3 is 37.6 Å². The molecule has 0 N–H and O–H groups in total. The highest BCUT2D eigenvalue weighted by molar-refractivity contribution is 5.86. The molecule has 0 radical (unpaired) electrons. The lowest BCUT2D eigenvalue weighted by Gasteiger charge is -2.75. The minimum atomic E-state index is -1.62. The summed E-state index contributed by atoms with van der Waals surface area (Å²) in [6.45, 7) is 8.28. The van der Waals surface area contributed by atoms with E-state index in [1.165, 1.54) is 26.2 Å². The molecular formula is C32H34O12. The molecule has 1 unspecified atom stereocenters. The molecule has 3 saturated heterocycles. The largest absolute Gasteiger partial charge is 0.472 e. The summed E-state index contributed by atoms with van der Waals surface area (Å²) in [6.07, 6.45) is 4.23. The normalized spacial score (nSPS) is 53.6. The molecule has 3 spiro atoms. The molecule has 44 heavy (non-hydrogen) atoms. The summed E-state index contributed by atoms with van der Waals surface area (Å²) in [5.41, 5.74) is -6.81. The summed E-state index contributed by atoms with van der Waals surface area (Å²) in [4.78, 5) is 52.5. The summed E-state index contributed by atoms with van der Waals surface area (Å²) in [5.74, 6) is -4.13. The van der Waals surface area contributed by atoms with Crippen LogP contribution < -0.4 is 0 Å². The van der Waals surface area contributed by atoms with E-state index in [-0.39, 0.29) is 25.4 Å². The first-order valence-corrected chi connectivity index (χ1v) is 15.3. The highest BCUT2D eigenvalue weighted by atomic mass is 16.9. The second-order valence-corrected chi connectivity index (χ2v) is 14.7. The Labute approximate surface area is 252 Å². The molecular weight excluding hydrogens is 576 g/mol. The summed E-state index contributed by atoms with van der Waals surface area (Å²) in [6, 6.07) is 1.77. The summed E-state index contributed by atoms with van der Waals surface area (Å²) in [5, 5.41) is 0. The number of carbonyl (C=O) groups excluding carboxylic acids is 4. The van der Waals surface area contributed by atoms with Gasteiger partial charge in [-0.25, -0.2) is 4.79 Å². The molecule has 12 nitrogen and oxygen atoms in total. The van der Waals surface area contributed by atoms with Crippen LogP contribution in [-0.4, -0.2) is 65.0 Å². The van der Waals surface area contributed by atoms with Gasteiger partial charge in [-0.1, -0.05) is 13.8 Å². The highest BCUT2D eigenvalue weighted by Gasteiger charge is 3.03. The van der Waals surface area contributed by atoms with Gasteiger partial charge in [0.15, 0.2) is 11.7 Å². The van der Waals surface area contributed by atoms with Gasteiger partial charge in [-0.2, -0.15) is 0 Å². The van der Waals surface area contributed by atoms with Crippen molar-refractivity contribution in [3.8, 4) is 0 Å². The Balaban J connectivity index is 1.38. The maximum atomic E-state index is 13.5. The maximum Gasteiger partial charge on any atom is 0.331 e. The van der Waals surface area contributed by atoms with E-state index >= 15 is 0 Å². The van der Waals surface area contributed by atoms with Crippen molar-refractivity contribution < 1.29 is 56.8 Å². The van der Waals surface area contributed by atoms with Crippen LogP contribution in [0, 0.1) is 22.2 Å². The molecule has 9 rings (SSSR count). The van der Waals surface area contributed by atoms with Gasteiger partial charge in [-0.3, -0.25) is 14.4 Å². The van der Waals surface area contributed by atoms with Gasteiger partial charge >= 0.3 is 23.9 Å². The van der Waals surface area contributed by atoms with Gasteiger partial charge in [0.05, 0.1) is 17.9 Å². The van der Waals surface area contributed by atoms with Crippen molar-refractivity contribution in [1.29, 1.82) is 0 Å². The molecule has 5 heterocycles. The third-order valence-corrected chi connectivity index (χ3v) is 12.8. The Morgan fingerprint density at radius 2 is 1.75 bits per heavy atom. The van der Waals surface area contributed by atoms with E-state index in [9.17, 15) is 19.2 Å². The monoisotopic (exact) mass is 610 g/mol. The molecule has 1 aromatic rings. The van der Waals surface area contributed by atoms with Gasteiger partial charge in [0.2, 0.25) is 0 Å². The Kier molecular flexibility index (Phi) is 4.57. The SMILES string of the molecule is CC(=O)O[C@H]1[C@]2(C)C[C@@]34OC5(C)O[C@@]6(CC[C@]7(C)C(=CC(=O)O[C@H]7c7ccoc7)[C@]6(C[C@@]13OC(C)=O)O5)[C@@]41COC(=O)C[C@@H]21. The fraction of sp³-hybridized carbons (Fsp3) is 0.688. The molecule has 7 fully saturated rings. The van der Waals surface area contributed by atoms with Crippen LogP contribution in [0.25, 0.3) is 0 Å². The number of hydrogen-bond donors (Lipinski definition) is 0. The Hall–Kier alpha value is -3.22. The first kappa shape index (κ1) is 27.1. The van der Waals surface area contributed by atoms with Crippen LogP contribution in [0.3, 0.4) is 0 Å². The van der Waals surface area contributed by atoms with E-state index in [2.05, 4.69) is 0 Å². The molecule has 0 aromatic carbocycles. The van der Waals surface area contributed by atoms with Crippen LogP contribution in [-0.2, 0) is 52.3 Å². The summed E-state index contributed by atoms with van der Waals surface area (Å²) >= 11 is 0. The molecule has 1 aromatic heterocycles. The standard InChI is InChI=1S/C32H34O12/c1-16(33)39-24-26(4)13-32-28(15-38-21(35)10-19(26)28)31-8-7-25(3)20(11-22(36)40-23(25)18-6-9-37-12-18)29(31,42-27(5,43-31)44-32)14-30(24,32)41-17(2)34/h6,9,11-12,19,23-24H,7-8,10,13-15H2,1-5H3/t19-,23-,24-,25+,26+,27?,28-,29-,30+,31-,32-/m0/s1. The smallest absolute Gasteiger partial charge is 0.331 e. The number of carbonyl (C=O) groups is 4. The van der Waals surface area contributed by atoms with Crippen molar-refractivity contribution in [3.05, 3.63) is 35.8 Å². The Morgan fingerprint density at radius 3 is 2.45 bits per heavy atom. The van der Waals surface area contributed by atoms with Crippen LogP contribution in [0.4, 0.5) is 0 Å². The molecule has 4 aliphatic carbocycles. The van der Waals surface area contributed by atoms with Crippen LogP contribution >= 0.6 is 0 Å². The Morgan fingerprint density at radius 1 is 0.977 bits per heavy atom. The lowest BCUT2D eigenvalue weighted by Crippen LogP contribution is -2.90. The second-order valence-electron chi connectivity index (χ2n) is 14.7. The zero-order valence-electron chi connectivity index (χ0n) is 25.2. The topological polar surface area (TPSA) is 146 Å². The van der Waals surface area contributed by atoms with Crippen molar-refractivity contribution in [1.82, 2.24) is 0 Å². The first-order chi connectivity index (χ1) is 20.7. The highest BCUT2D eigenvalue weighted by Crippen LogP contribution is 2.90. The van der Waals surface area contributed by atoms with Crippen LogP contribution in [0.2, 0.25) is 0 Å². The molecule has 4 saturated carbocycles. The van der Waals surface area contributed by atoms with E-state index in [1.54, 1.807) is 19.3 Å². The second kappa shape index (κ2) is 7.42. The Bertz CT molecular complexity index is 1620. The van der Waals surface area contributed by atoms with E-state index in [4.69, 9.17) is 37.6 Å². The van der Waals surface area contributed by atoms with Gasteiger partial charge in [-0.15, -0.1) is 0 Å². The van der Waals surface area contributed by atoms with E-state index in [0.29, 0.717) is 30.4 Å². The minimum Gasteiger partial charge on any atom is -0.472 e. The maximum absolute atomic E-state index is 13.5. The number of ether oxygens (including phenoxy) is 7. The predicted molar refractivity (Wildman–Crippen MR) is 142 cm³/mol. The molecule has 8 aliphatic rings. The van der Waals surface area contributed by atoms with E-state index < -0.39 is 80.7 Å². The van der Waals surface area contributed by atoms with Crippen LogP contribution in [0.1, 0.15) is 78.4 Å². The average Bonchev–Trinajstić information content (AvgIpc) is 3.62. The number of hydrogen-bond acceptors (Lipinski definition) is 12. The third kappa shape index (κ3) is 2.47. The van der Waals surface area contributed by atoms with Crippen molar-refractivity contribution in [3.63, 3.8) is 0 Å².